The molecular formula is C121H209NO15. The standard InChI is InChI=1S/C121H209NO15/c1-9-15-21-27-30-33-36-39-42-45-48-51-63-72-84-97-112(123)130-107(91-78-24-18-12-4)94-81-69-60-54-57-66-75-87-100-115(126)133-110-105-121(120(129)136-118(137-121)103-90-104-122(7)8)106-111(134-116(127)101-88-76-67-58-55-61-70-82-95-108(92-79-25-19-13-5)131-113(124)98-85-73-64-52-49-46-43-40-37-34-31-28-22-16-10-2)119(110)135-117(128)102-89-77-68-59-56-62-71-83-96-109(93-80-26-20-14-6)132-114(125)99-86-74-65-53-50-47-44-41-38-35-32-29-23-17-11-3/h30-35,39-44,69-71,81-83,107-111,118-119H,9-29,36-38,45-68,72-80,84-106H2,1-8H3/b33-30-,34-31-,35-32-,42-39-,43-40-,44-41-,81-69-,82-70-,83-71-/t107?,108?,109?,110-,111-,118?,119?,121?/m1/s1. The van der Waals surface area contributed by atoms with E-state index in [2.05, 4.69) is 156 Å². The Bertz CT molecular complexity index is 3030. The van der Waals surface area contributed by atoms with E-state index < -0.39 is 54.1 Å². The monoisotopic (exact) mass is 1920 g/mol. The van der Waals surface area contributed by atoms with Crippen LogP contribution in [0.3, 0.4) is 0 Å². The number of allylic oxidation sites excluding steroid dienone is 15. The highest BCUT2D eigenvalue weighted by Crippen LogP contribution is 2.44. The van der Waals surface area contributed by atoms with Gasteiger partial charge in [-0.25, -0.2) is 4.79 Å². The Hall–Kier alpha value is -6.13. The molecule has 16 nitrogen and oxygen atoms in total. The Morgan fingerprint density at radius 2 is 0.526 bits per heavy atom. The molecule has 1 saturated carbocycles. The van der Waals surface area contributed by atoms with Crippen LogP contribution in [0.5, 0.6) is 0 Å². The minimum absolute atomic E-state index is 0.0765. The number of hydrogen-bond acceptors (Lipinski definition) is 16. The molecule has 1 saturated heterocycles. The maximum Gasteiger partial charge on any atom is 0.341 e. The molecule has 0 N–H and O–H groups in total. The summed E-state index contributed by atoms with van der Waals surface area (Å²) in [4.78, 5) is 98.3. The highest BCUT2D eigenvalue weighted by molar-refractivity contribution is 5.82. The maximum absolute atomic E-state index is 14.3. The Labute approximate surface area is 840 Å². The van der Waals surface area contributed by atoms with Gasteiger partial charge in [-0.2, -0.15) is 0 Å². The number of unbranched alkanes of at least 4 members (excludes halogenated alkanes) is 48. The fourth-order valence-electron chi connectivity index (χ4n) is 18.1. The second kappa shape index (κ2) is 94.8. The fourth-order valence-corrected chi connectivity index (χ4v) is 18.1. The summed E-state index contributed by atoms with van der Waals surface area (Å²) in [7, 11) is 3.97. The molecule has 1 aliphatic heterocycles. The predicted molar refractivity (Wildman–Crippen MR) is 573 cm³/mol. The lowest BCUT2D eigenvalue weighted by molar-refractivity contribution is -0.215. The summed E-state index contributed by atoms with van der Waals surface area (Å²) < 4.78 is 50.0. The van der Waals surface area contributed by atoms with Crippen LogP contribution < -0.4 is 0 Å². The van der Waals surface area contributed by atoms with Gasteiger partial charge in [0.2, 0.25) is 6.29 Å². The second-order valence-corrected chi connectivity index (χ2v) is 40.2. The fraction of sp³-hybridized carbons (Fsp3) is 0.793. The number of nitrogens with zero attached hydrogens (tertiary/aromatic N) is 1. The van der Waals surface area contributed by atoms with Crippen molar-refractivity contribution in [2.45, 2.75) is 597 Å². The molecule has 0 aromatic heterocycles. The smallest absolute Gasteiger partial charge is 0.341 e. The van der Waals surface area contributed by atoms with E-state index in [4.69, 9.17) is 37.9 Å². The van der Waals surface area contributed by atoms with E-state index in [0.29, 0.717) is 51.4 Å². The van der Waals surface area contributed by atoms with Crippen molar-refractivity contribution in [2.75, 3.05) is 20.6 Å². The number of esters is 7. The van der Waals surface area contributed by atoms with Crippen molar-refractivity contribution in [2.24, 2.45) is 0 Å². The Morgan fingerprint density at radius 3 is 0.803 bits per heavy atom. The first-order valence-corrected chi connectivity index (χ1v) is 57.7. The molecule has 1 heterocycles. The highest BCUT2D eigenvalue weighted by atomic mass is 16.8. The Morgan fingerprint density at radius 1 is 0.292 bits per heavy atom. The van der Waals surface area contributed by atoms with Crippen molar-refractivity contribution in [3.63, 3.8) is 0 Å². The number of hydrogen-bond donors (Lipinski definition) is 0. The number of carbonyl (C=O) groups excluding carboxylic acids is 7. The molecule has 0 bridgehead atoms. The minimum atomic E-state index is -1.60. The molecule has 137 heavy (non-hydrogen) atoms. The summed E-state index contributed by atoms with van der Waals surface area (Å²) >= 11 is 0. The van der Waals surface area contributed by atoms with Crippen molar-refractivity contribution in [1.82, 2.24) is 4.90 Å². The van der Waals surface area contributed by atoms with Gasteiger partial charge in [0, 0.05) is 77.0 Å². The van der Waals surface area contributed by atoms with Gasteiger partial charge in [0.25, 0.3) is 0 Å². The molecule has 1 aliphatic carbocycles. The summed E-state index contributed by atoms with van der Waals surface area (Å²) in [5.74, 6) is -2.29. The first-order chi connectivity index (χ1) is 67.1. The van der Waals surface area contributed by atoms with Gasteiger partial charge in [-0.3, -0.25) is 28.8 Å². The first-order valence-electron chi connectivity index (χ1n) is 57.7. The third-order valence-corrected chi connectivity index (χ3v) is 26.6. The zero-order chi connectivity index (χ0) is 99.1. The lowest BCUT2D eigenvalue weighted by atomic mass is 9.79. The predicted octanol–water partition coefficient (Wildman–Crippen LogP) is 34.6. The third kappa shape index (κ3) is 78.1. The van der Waals surface area contributed by atoms with Crippen LogP contribution in [0.25, 0.3) is 0 Å². The normalized spacial score (nSPS) is 17.2. The molecule has 4 unspecified atom stereocenters. The molecule has 0 radical (unpaired) electrons. The minimum Gasteiger partial charge on any atom is -0.462 e. The molecule has 0 aromatic rings. The number of carbonyl (C=O) groups is 7. The van der Waals surface area contributed by atoms with Gasteiger partial charge in [-0.05, 0) is 239 Å². The van der Waals surface area contributed by atoms with E-state index >= 15 is 0 Å². The zero-order valence-electron chi connectivity index (χ0n) is 89.6. The van der Waals surface area contributed by atoms with Crippen LogP contribution in [0.4, 0.5) is 0 Å². The lowest BCUT2D eigenvalue weighted by Gasteiger charge is -2.42. The summed E-state index contributed by atoms with van der Waals surface area (Å²) in [5.41, 5.74) is -1.60. The van der Waals surface area contributed by atoms with E-state index in [9.17, 15) is 33.6 Å². The lowest BCUT2D eigenvalue weighted by Crippen LogP contribution is -2.59. The number of cyclic esters (lactones) is 1. The van der Waals surface area contributed by atoms with E-state index in [1.807, 2.05) is 14.1 Å². The van der Waals surface area contributed by atoms with Crippen molar-refractivity contribution in [3.8, 4) is 0 Å². The van der Waals surface area contributed by atoms with Crippen LogP contribution in [-0.2, 0) is 71.5 Å². The topological polar surface area (TPSA) is 197 Å². The second-order valence-electron chi connectivity index (χ2n) is 40.2. The maximum atomic E-state index is 14.3. The van der Waals surface area contributed by atoms with Crippen molar-refractivity contribution >= 4 is 41.8 Å². The quantitative estimate of drug-likeness (QED) is 0.0241. The number of ether oxygens (including phenoxy) is 8. The summed E-state index contributed by atoms with van der Waals surface area (Å²) in [5, 5.41) is 0. The van der Waals surface area contributed by atoms with E-state index in [0.717, 1.165) is 295 Å². The van der Waals surface area contributed by atoms with Crippen LogP contribution in [0.1, 0.15) is 549 Å². The summed E-state index contributed by atoms with van der Waals surface area (Å²) in [6.07, 6.45) is 111. The third-order valence-electron chi connectivity index (χ3n) is 26.6. The molecular weight excluding hydrogens is 1710 g/mol. The first kappa shape index (κ1) is 127. The molecule has 6 atom stereocenters. The van der Waals surface area contributed by atoms with Crippen molar-refractivity contribution in [3.05, 3.63) is 109 Å². The van der Waals surface area contributed by atoms with Crippen LogP contribution in [0.15, 0.2) is 109 Å². The zero-order valence-corrected chi connectivity index (χ0v) is 89.6. The van der Waals surface area contributed by atoms with Crippen molar-refractivity contribution in [1.29, 1.82) is 0 Å². The molecule has 0 amide bonds. The van der Waals surface area contributed by atoms with Gasteiger partial charge in [0.1, 0.15) is 30.5 Å². The average Bonchev–Trinajstić information content (AvgIpc) is 1.63. The average molecular weight is 1920 g/mol. The van der Waals surface area contributed by atoms with Gasteiger partial charge in [-0.15, -0.1) is 0 Å². The number of rotatable bonds is 97. The molecule has 788 valence electrons. The highest BCUT2D eigenvalue weighted by Gasteiger charge is 2.61. The van der Waals surface area contributed by atoms with Crippen LogP contribution in [-0.4, -0.2) is 116 Å². The molecule has 1 spiro atoms. The SMILES string of the molecule is CCCCC/C=C\C/C=C\CCCCCCCC(=O)OC(C/C=C\CCCCCCCC(=O)OC1[C@H](OC(=O)CCCCCCC/C=C\CC(CCCCCC)OC(=O)CCCCCCC/C=C\C/C=C\CCCCC)CC2(C[C@H]1OC(=O)CCCCCCC/C=C\CC(CCCCCC)OC(=O)CCCCCCC/C=C\C/C=C\CCCCC)OC(CCCN(C)C)OC2=O)CCCCCC. The molecule has 0 aromatic carbocycles. The molecule has 16 heteroatoms. The van der Waals surface area contributed by atoms with Gasteiger partial charge >= 0.3 is 41.8 Å². The molecule has 2 rings (SSSR count). The van der Waals surface area contributed by atoms with Gasteiger partial charge < -0.3 is 42.8 Å². The Balaban J connectivity index is 2.12. The van der Waals surface area contributed by atoms with Crippen LogP contribution in [0, 0.1) is 0 Å². The summed E-state index contributed by atoms with van der Waals surface area (Å²) in [6, 6.07) is 0. The van der Waals surface area contributed by atoms with Gasteiger partial charge in [0.15, 0.2) is 11.7 Å². The van der Waals surface area contributed by atoms with Crippen LogP contribution in [0.2, 0.25) is 0 Å². The van der Waals surface area contributed by atoms with Gasteiger partial charge in [0.05, 0.1) is 0 Å². The van der Waals surface area contributed by atoms with E-state index in [1.54, 1.807) is 0 Å². The van der Waals surface area contributed by atoms with E-state index in [1.165, 1.54) is 135 Å². The van der Waals surface area contributed by atoms with Crippen molar-refractivity contribution < 1.29 is 71.5 Å². The van der Waals surface area contributed by atoms with Gasteiger partial charge in [-0.1, -0.05) is 363 Å². The largest absolute Gasteiger partial charge is 0.462 e. The molecule has 2 fully saturated rings. The molecule has 2 aliphatic rings. The summed E-state index contributed by atoms with van der Waals surface area (Å²) in [6.45, 7) is 14.1. The van der Waals surface area contributed by atoms with E-state index in [-0.39, 0.29) is 68.3 Å². The Kier molecular flexibility index (Phi) is 87.8. The van der Waals surface area contributed by atoms with Crippen LogP contribution >= 0.6 is 0 Å².